The summed E-state index contributed by atoms with van der Waals surface area (Å²) in [5, 5.41) is 33.1. The third-order valence-electron chi connectivity index (χ3n) is 8.58. The average molecular weight is 596 g/mol. The molecule has 0 bridgehead atoms. The fourth-order valence-electron chi connectivity index (χ4n) is 5.68. The van der Waals surface area contributed by atoms with E-state index in [1.807, 2.05) is 0 Å². The predicted molar refractivity (Wildman–Crippen MR) is 181 cm³/mol. The minimum atomic E-state index is -0.748. The van der Waals surface area contributed by atoms with Crippen molar-refractivity contribution in [2.24, 2.45) is 0 Å². The summed E-state index contributed by atoms with van der Waals surface area (Å²) in [6.45, 7) is 4.20. The minimum Gasteiger partial charge on any atom is -0.394 e. The normalized spacial score (nSPS) is 13.9. The molecule has 0 heterocycles. The summed E-state index contributed by atoms with van der Waals surface area (Å²) in [5.41, 5.74) is 0. The van der Waals surface area contributed by atoms with Crippen molar-refractivity contribution in [3.05, 3.63) is 12.2 Å². The minimum absolute atomic E-state index is 0.0271. The van der Waals surface area contributed by atoms with Crippen LogP contribution in [0.15, 0.2) is 12.2 Å². The number of carbonyl (C=O) groups is 1. The molecular weight excluding hydrogens is 522 g/mol. The number of aliphatic hydroxyl groups excluding tert-OH is 3. The molecule has 0 aliphatic carbocycles. The molecule has 0 saturated heterocycles. The third-order valence-corrected chi connectivity index (χ3v) is 8.58. The van der Waals surface area contributed by atoms with Crippen LogP contribution in [0.4, 0.5) is 0 Å². The van der Waals surface area contributed by atoms with Gasteiger partial charge in [-0.05, 0) is 32.1 Å². The highest BCUT2D eigenvalue weighted by Gasteiger charge is 2.21. The van der Waals surface area contributed by atoms with Gasteiger partial charge in [0.15, 0.2) is 0 Å². The zero-order valence-electron chi connectivity index (χ0n) is 28.1. The molecular formula is C37H73NO4. The van der Waals surface area contributed by atoms with E-state index >= 15 is 0 Å². The van der Waals surface area contributed by atoms with Crippen molar-refractivity contribution in [1.29, 1.82) is 0 Å². The summed E-state index contributed by atoms with van der Waals surface area (Å²) in [6, 6.07) is -0.657. The van der Waals surface area contributed by atoms with Gasteiger partial charge < -0.3 is 20.6 Å². The molecule has 42 heavy (non-hydrogen) atoms. The van der Waals surface area contributed by atoms with Crippen molar-refractivity contribution in [3.63, 3.8) is 0 Å². The highest BCUT2D eigenvalue weighted by Crippen LogP contribution is 2.16. The van der Waals surface area contributed by atoms with Crippen LogP contribution in [-0.4, -0.2) is 46.1 Å². The van der Waals surface area contributed by atoms with E-state index in [1.54, 1.807) is 0 Å². The van der Waals surface area contributed by atoms with Crippen LogP contribution < -0.4 is 5.32 Å². The molecule has 0 aromatic heterocycles. The predicted octanol–water partition coefficient (Wildman–Crippen LogP) is 9.70. The Morgan fingerprint density at radius 1 is 0.571 bits per heavy atom. The number of rotatable bonds is 33. The van der Waals surface area contributed by atoms with Crippen LogP contribution in [0.1, 0.15) is 194 Å². The largest absolute Gasteiger partial charge is 0.394 e. The number of amides is 1. The van der Waals surface area contributed by atoms with Gasteiger partial charge in [0.2, 0.25) is 5.91 Å². The van der Waals surface area contributed by atoms with Crippen LogP contribution in [0, 0.1) is 0 Å². The molecule has 0 aromatic carbocycles. The smallest absolute Gasteiger partial charge is 0.222 e. The summed E-state index contributed by atoms with van der Waals surface area (Å²) in [4.78, 5) is 12.3. The van der Waals surface area contributed by atoms with E-state index in [2.05, 4.69) is 31.3 Å². The van der Waals surface area contributed by atoms with Gasteiger partial charge in [-0.25, -0.2) is 0 Å². The first-order chi connectivity index (χ1) is 20.5. The molecule has 5 nitrogen and oxygen atoms in total. The zero-order valence-corrected chi connectivity index (χ0v) is 28.1. The van der Waals surface area contributed by atoms with E-state index in [-0.39, 0.29) is 18.9 Å². The van der Waals surface area contributed by atoms with Crippen LogP contribution in [0.3, 0.4) is 0 Å². The first kappa shape index (κ1) is 41.1. The highest BCUT2D eigenvalue weighted by molar-refractivity contribution is 5.76. The molecule has 0 aromatic rings. The van der Waals surface area contributed by atoms with Gasteiger partial charge in [0.1, 0.15) is 0 Å². The van der Waals surface area contributed by atoms with Gasteiger partial charge in [-0.3, -0.25) is 4.79 Å². The second-order valence-electron chi connectivity index (χ2n) is 12.8. The maximum atomic E-state index is 12.3. The second kappa shape index (κ2) is 33.0. The Labute approximate surface area is 261 Å². The van der Waals surface area contributed by atoms with E-state index in [1.165, 1.54) is 116 Å². The van der Waals surface area contributed by atoms with Gasteiger partial charge in [-0.15, -0.1) is 0 Å². The molecule has 0 rings (SSSR count). The first-order valence-electron chi connectivity index (χ1n) is 18.5. The van der Waals surface area contributed by atoms with E-state index in [4.69, 9.17) is 0 Å². The molecule has 0 saturated carbocycles. The Morgan fingerprint density at radius 2 is 0.976 bits per heavy atom. The summed E-state index contributed by atoms with van der Waals surface area (Å²) in [7, 11) is 0. The number of hydrogen-bond donors (Lipinski definition) is 4. The van der Waals surface area contributed by atoms with Crippen LogP contribution in [0.25, 0.3) is 0 Å². The van der Waals surface area contributed by atoms with E-state index in [9.17, 15) is 20.1 Å². The summed E-state index contributed by atoms with van der Waals surface area (Å²) >= 11 is 0. The molecule has 5 heteroatoms. The fourth-order valence-corrected chi connectivity index (χ4v) is 5.68. The van der Waals surface area contributed by atoms with E-state index in [0.29, 0.717) is 12.8 Å². The number of allylic oxidation sites excluding steroid dienone is 2. The van der Waals surface area contributed by atoms with Gasteiger partial charge >= 0.3 is 0 Å². The van der Waals surface area contributed by atoms with Gasteiger partial charge in [-0.2, -0.15) is 0 Å². The summed E-state index contributed by atoms with van der Waals surface area (Å²) < 4.78 is 0. The lowest BCUT2D eigenvalue weighted by molar-refractivity contribution is -0.125. The van der Waals surface area contributed by atoms with Gasteiger partial charge in [-0.1, -0.05) is 167 Å². The molecule has 250 valence electrons. The van der Waals surface area contributed by atoms with Crippen LogP contribution >= 0.6 is 0 Å². The number of nitrogens with one attached hydrogen (secondary N) is 1. The SMILES string of the molecule is CCCC/C=C\CCCCCC(O)CC(=O)NC(CO)C(O)CCCCCCCCCCCCCCCCCCCC. The van der Waals surface area contributed by atoms with Crippen molar-refractivity contribution in [3.8, 4) is 0 Å². The van der Waals surface area contributed by atoms with Crippen molar-refractivity contribution in [1.82, 2.24) is 5.32 Å². The van der Waals surface area contributed by atoms with Crippen molar-refractivity contribution < 1.29 is 20.1 Å². The highest BCUT2D eigenvalue weighted by atomic mass is 16.3. The summed E-state index contributed by atoms with van der Waals surface area (Å²) in [6.07, 6.45) is 36.0. The lowest BCUT2D eigenvalue weighted by Crippen LogP contribution is -2.46. The maximum absolute atomic E-state index is 12.3. The molecule has 0 spiro atoms. The lowest BCUT2D eigenvalue weighted by Gasteiger charge is -2.23. The van der Waals surface area contributed by atoms with Gasteiger partial charge in [0, 0.05) is 0 Å². The number of unbranched alkanes of at least 4 members (excludes halogenated alkanes) is 22. The zero-order chi connectivity index (χ0) is 30.9. The fraction of sp³-hybridized carbons (Fsp3) is 0.919. The molecule has 0 radical (unpaired) electrons. The topological polar surface area (TPSA) is 89.8 Å². The average Bonchev–Trinajstić information content (AvgIpc) is 2.98. The Balaban J connectivity index is 3.63. The van der Waals surface area contributed by atoms with Crippen molar-refractivity contribution >= 4 is 5.91 Å². The quantitative estimate of drug-likeness (QED) is 0.0449. The van der Waals surface area contributed by atoms with E-state index in [0.717, 1.165) is 44.9 Å². The molecule has 3 atom stereocenters. The number of aliphatic hydroxyl groups is 3. The standard InChI is InChI=1S/C37H73NO4/c1-3-5-7-9-11-13-14-15-16-17-18-19-20-21-23-25-27-29-31-36(41)35(33-39)38-37(42)32-34(40)30-28-26-24-22-12-10-8-6-4-2/h10,12,34-36,39-41H,3-9,11,13-33H2,1-2H3,(H,38,42)/b12-10-. The van der Waals surface area contributed by atoms with E-state index < -0.39 is 18.2 Å². The van der Waals surface area contributed by atoms with Crippen molar-refractivity contribution in [2.45, 2.75) is 212 Å². The molecule has 0 fully saturated rings. The molecule has 4 N–H and O–H groups in total. The first-order valence-corrected chi connectivity index (χ1v) is 18.5. The van der Waals surface area contributed by atoms with Crippen LogP contribution in [0.5, 0.6) is 0 Å². The summed E-state index contributed by atoms with van der Waals surface area (Å²) in [5.74, 6) is -0.294. The van der Waals surface area contributed by atoms with Crippen LogP contribution in [0.2, 0.25) is 0 Å². The molecule has 0 aliphatic heterocycles. The maximum Gasteiger partial charge on any atom is 0.222 e. The monoisotopic (exact) mass is 596 g/mol. The van der Waals surface area contributed by atoms with Crippen molar-refractivity contribution in [2.75, 3.05) is 6.61 Å². The Bertz CT molecular complexity index is 582. The van der Waals surface area contributed by atoms with Crippen LogP contribution in [-0.2, 0) is 4.79 Å². The molecule has 0 aliphatic rings. The number of carbonyl (C=O) groups excluding carboxylic acids is 1. The lowest BCUT2D eigenvalue weighted by atomic mass is 10.0. The molecule has 1 amide bonds. The Morgan fingerprint density at radius 3 is 1.45 bits per heavy atom. The molecule has 3 unspecified atom stereocenters. The number of hydrogen-bond acceptors (Lipinski definition) is 4. The Kier molecular flexibility index (Phi) is 32.3. The Hall–Kier alpha value is -0.910. The third kappa shape index (κ3) is 29.2. The van der Waals surface area contributed by atoms with Gasteiger partial charge in [0.25, 0.3) is 0 Å². The van der Waals surface area contributed by atoms with Gasteiger partial charge in [0.05, 0.1) is 31.3 Å². The second-order valence-corrected chi connectivity index (χ2v) is 12.8.